The van der Waals surface area contributed by atoms with Crippen LogP contribution in [0.3, 0.4) is 0 Å². The van der Waals surface area contributed by atoms with Gasteiger partial charge in [-0.25, -0.2) is 4.98 Å². The predicted octanol–water partition coefficient (Wildman–Crippen LogP) is 0.391. The molecule has 2 rings (SSSR count). The molecule has 1 aromatic heterocycles. The zero-order valence-electron chi connectivity index (χ0n) is 9.69. The van der Waals surface area contributed by atoms with Gasteiger partial charge in [0.25, 0.3) is 5.56 Å². The summed E-state index contributed by atoms with van der Waals surface area (Å²) in [4.78, 5) is 17.6. The highest BCUT2D eigenvalue weighted by molar-refractivity contribution is 5.44. The van der Waals surface area contributed by atoms with Crippen molar-refractivity contribution in [2.45, 2.75) is 44.2 Å². The summed E-state index contributed by atoms with van der Waals surface area (Å²) in [5.41, 5.74) is 11.3. The number of anilines is 1. The zero-order valence-corrected chi connectivity index (χ0v) is 9.69. The van der Waals surface area contributed by atoms with Gasteiger partial charge in [0.1, 0.15) is 6.10 Å². The van der Waals surface area contributed by atoms with Crippen LogP contribution in [0.25, 0.3) is 0 Å². The SMILES string of the molecule is Nc1c(OC2CCCCCC2N)nc[nH]c1=O. The molecule has 6 nitrogen and oxygen atoms in total. The number of nitrogen functional groups attached to an aromatic ring is 1. The normalized spacial score (nSPS) is 25.2. The third-order valence-electron chi connectivity index (χ3n) is 3.12. The molecule has 0 aromatic carbocycles. The number of ether oxygens (including phenoxy) is 1. The second kappa shape index (κ2) is 5.18. The molecule has 5 N–H and O–H groups in total. The number of aromatic amines is 1. The number of nitrogens with two attached hydrogens (primary N) is 2. The molecular weight excluding hydrogens is 220 g/mol. The van der Waals surface area contributed by atoms with Gasteiger partial charge in [0.05, 0.1) is 6.33 Å². The molecule has 1 saturated carbocycles. The summed E-state index contributed by atoms with van der Waals surface area (Å²) in [6, 6.07) is -0.0158. The van der Waals surface area contributed by atoms with E-state index in [1.807, 2.05) is 0 Å². The van der Waals surface area contributed by atoms with Gasteiger partial charge in [0, 0.05) is 6.04 Å². The summed E-state index contributed by atoms with van der Waals surface area (Å²) in [6.07, 6.45) is 6.39. The minimum atomic E-state index is -0.378. The molecule has 2 atom stereocenters. The monoisotopic (exact) mass is 238 g/mol. The average molecular weight is 238 g/mol. The Hall–Kier alpha value is -1.56. The van der Waals surface area contributed by atoms with Gasteiger partial charge in [0.15, 0.2) is 5.69 Å². The van der Waals surface area contributed by atoms with Gasteiger partial charge < -0.3 is 21.2 Å². The van der Waals surface area contributed by atoms with Crippen molar-refractivity contribution >= 4 is 5.69 Å². The van der Waals surface area contributed by atoms with Crippen LogP contribution in [0.1, 0.15) is 32.1 Å². The standard InChI is InChI=1S/C11H18N4O2/c12-7-4-2-1-3-5-8(7)17-11-9(13)10(16)14-6-15-11/h6-8H,1-5,12-13H2,(H,14,15,16). The van der Waals surface area contributed by atoms with Crippen molar-refractivity contribution in [2.24, 2.45) is 5.73 Å². The van der Waals surface area contributed by atoms with Crippen molar-refractivity contribution in [1.82, 2.24) is 9.97 Å². The number of aromatic nitrogens is 2. The first-order chi connectivity index (χ1) is 8.18. The molecule has 1 aromatic rings. The number of hydrogen-bond donors (Lipinski definition) is 3. The molecule has 1 fully saturated rings. The van der Waals surface area contributed by atoms with Crippen molar-refractivity contribution < 1.29 is 4.74 Å². The van der Waals surface area contributed by atoms with Crippen molar-refractivity contribution in [2.75, 3.05) is 5.73 Å². The molecule has 1 aliphatic carbocycles. The summed E-state index contributed by atoms with van der Waals surface area (Å²) in [5, 5.41) is 0. The van der Waals surface area contributed by atoms with Crippen molar-refractivity contribution in [1.29, 1.82) is 0 Å². The topological polar surface area (TPSA) is 107 Å². The maximum absolute atomic E-state index is 11.3. The number of nitrogens with one attached hydrogen (secondary N) is 1. The Labute approximate surface area is 99.4 Å². The van der Waals surface area contributed by atoms with Gasteiger partial charge in [-0.05, 0) is 19.3 Å². The van der Waals surface area contributed by atoms with Crippen LogP contribution in [0.15, 0.2) is 11.1 Å². The smallest absolute Gasteiger partial charge is 0.277 e. The summed E-state index contributed by atoms with van der Waals surface area (Å²) >= 11 is 0. The lowest BCUT2D eigenvalue weighted by Gasteiger charge is -2.22. The highest BCUT2D eigenvalue weighted by atomic mass is 16.5. The first kappa shape index (κ1) is 11.9. The number of hydrogen-bond acceptors (Lipinski definition) is 5. The summed E-state index contributed by atoms with van der Waals surface area (Å²) in [7, 11) is 0. The maximum atomic E-state index is 11.3. The minimum Gasteiger partial charge on any atom is -0.471 e. The van der Waals surface area contributed by atoms with Gasteiger partial charge in [-0.15, -0.1) is 0 Å². The second-order valence-electron chi connectivity index (χ2n) is 4.41. The van der Waals surface area contributed by atoms with E-state index in [2.05, 4.69) is 9.97 Å². The van der Waals surface area contributed by atoms with Crippen LogP contribution in [0.5, 0.6) is 5.88 Å². The molecule has 0 aliphatic heterocycles. The van der Waals surface area contributed by atoms with Crippen molar-refractivity contribution in [3.05, 3.63) is 16.7 Å². The summed E-state index contributed by atoms with van der Waals surface area (Å²) in [6.45, 7) is 0. The first-order valence-corrected chi connectivity index (χ1v) is 5.94. The van der Waals surface area contributed by atoms with Gasteiger partial charge in [-0.2, -0.15) is 0 Å². The largest absolute Gasteiger partial charge is 0.471 e. The van der Waals surface area contributed by atoms with E-state index in [0.29, 0.717) is 0 Å². The van der Waals surface area contributed by atoms with E-state index in [0.717, 1.165) is 25.7 Å². The molecule has 0 bridgehead atoms. The Bertz CT molecular complexity index is 432. The molecule has 94 valence electrons. The zero-order chi connectivity index (χ0) is 12.3. The molecule has 0 spiro atoms. The van der Waals surface area contributed by atoms with Gasteiger partial charge in [-0.1, -0.05) is 12.8 Å². The van der Waals surface area contributed by atoms with Gasteiger partial charge in [-0.3, -0.25) is 4.79 Å². The third-order valence-corrected chi connectivity index (χ3v) is 3.12. The van der Waals surface area contributed by atoms with Crippen LogP contribution in [0.2, 0.25) is 0 Å². The number of H-pyrrole nitrogens is 1. The Morgan fingerprint density at radius 1 is 1.35 bits per heavy atom. The molecule has 0 amide bonds. The van der Waals surface area contributed by atoms with Crippen LogP contribution in [-0.4, -0.2) is 22.1 Å². The van der Waals surface area contributed by atoms with E-state index in [9.17, 15) is 4.79 Å². The van der Waals surface area contributed by atoms with E-state index >= 15 is 0 Å². The van der Waals surface area contributed by atoms with Gasteiger partial charge >= 0.3 is 0 Å². The third kappa shape index (κ3) is 2.76. The van der Waals surface area contributed by atoms with Crippen LogP contribution in [0, 0.1) is 0 Å². The van der Waals surface area contributed by atoms with Crippen LogP contribution in [-0.2, 0) is 0 Å². The Morgan fingerprint density at radius 2 is 2.12 bits per heavy atom. The fraction of sp³-hybridized carbons (Fsp3) is 0.636. The fourth-order valence-corrected chi connectivity index (χ4v) is 2.08. The van der Waals surface area contributed by atoms with E-state index in [-0.39, 0.29) is 29.3 Å². The summed E-state index contributed by atoms with van der Waals surface area (Å²) in [5.74, 6) is 0.191. The van der Waals surface area contributed by atoms with Crippen molar-refractivity contribution in [3.63, 3.8) is 0 Å². The average Bonchev–Trinajstić information content (AvgIpc) is 2.51. The minimum absolute atomic E-state index is 0.0158. The Kier molecular flexibility index (Phi) is 3.63. The van der Waals surface area contributed by atoms with E-state index in [1.54, 1.807) is 0 Å². The Morgan fingerprint density at radius 3 is 2.94 bits per heavy atom. The first-order valence-electron chi connectivity index (χ1n) is 5.94. The second-order valence-corrected chi connectivity index (χ2v) is 4.41. The lowest BCUT2D eigenvalue weighted by molar-refractivity contribution is 0.157. The van der Waals surface area contributed by atoms with Crippen LogP contribution < -0.4 is 21.8 Å². The molecule has 6 heteroatoms. The van der Waals surface area contributed by atoms with Crippen LogP contribution in [0.4, 0.5) is 5.69 Å². The maximum Gasteiger partial charge on any atom is 0.277 e. The predicted molar refractivity (Wildman–Crippen MR) is 64.7 cm³/mol. The van der Waals surface area contributed by atoms with Crippen LogP contribution >= 0.6 is 0 Å². The van der Waals surface area contributed by atoms with Crippen molar-refractivity contribution in [3.8, 4) is 5.88 Å². The molecule has 0 saturated heterocycles. The molecule has 17 heavy (non-hydrogen) atoms. The number of nitrogens with zero attached hydrogens (tertiary/aromatic N) is 1. The highest BCUT2D eigenvalue weighted by Gasteiger charge is 2.23. The van der Waals surface area contributed by atoms with E-state index in [4.69, 9.17) is 16.2 Å². The van der Waals surface area contributed by atoms with E-state index in [1.165, 1.54) is 12.7 Å². The van der Waals surface area contributed by atoms with Gasteiger partial charge in [0.2, 0.25) is 5.88 Å². The lowest BCUT2D eigenvalue weighted by Crippen LogP contribution is -2.38. The molecule has 1 heterocycles. The highest BCUT2D eigenvalue weighted by Crippen LogP contribution is 2.22. The molecular formula is C11H18N4O2. The summed E-state index contributed by atoms with van der Waals surface area (Å²) < 4.78 is 5.68. The lowest BCUT2D eigenvalue weighted by atomic mass is 10.1. The molecule has 1 aliphatic rings. The quantitative estimate of drug-likeness (QED) is 0.646. The number of rotatable bonds is 2. The fourth-order valence-electron chi connectivity index (χ4n) is 2.08. The molecule has 2 unspecified atom stereocenters. The Balaban J connectivity index is 2.13. The molecule has 0 radical (unpaired) electrons. The van der Waals surface area contributed by atoms with E-state index < -0.39 is 0 Å².